The normalized spacial score (nSPS) is 15.4. The molecule has 0 aliphatic heterocycles. The van der Waals surface area contributed by atoms with Crippen LogP contribution < -0.4 is 4.72 Å². The molecule has 1 aliphatic carbocycles. The number of nitrogens with zero attached hydrogens (tertiary/aromatic N) is 1. The van der Waals surface area contributed by atoms with Gasteiger partial charge >= 0.3 is 0 Å². The molecule has 3 aromatic rings. The van der Waals surface area contributed by atoms with Crippen molar-refractivity contribution in [2.24, 2.45) is 0 Å². The maximum absolute atomic E-state index is 12.5. The average molecular weight is 403 g/mol. The lowest BCUT2D eigenvalue weighted by Gasteiger charge is -2.04. The molecule has 4 rings (SSSR count). The molecule has 1 aliphatic rings. The largest absolute Gasteiger partial charge is 0.440 e. The first-order valence-corrected chi connectivity index (χ1v) is 11.5. The Kier molecular flexibility index (Phi) is 5.43. The van der Waals surface area contributed by atoms with Gasteiger partial charge in [-0.2, -0.15) is 0 Å². The van der Waals surface area contributed by atoms with Crippen molar-refractivity contribution in [1.82, 2.24) is 9.71 Å². The third-order valence-electron chi connectivity index (χ3n) is 4.87. The first kappa shape index (κ1) is 18.4. The minimum Gasteiger partial charge on any atom is -0.440 e. The molecule has 1 fully saturated rings. The number of nitrogens with one attached hydrogen (secondary N) is 1. The van der Waals surface area contributed by atoms with Crippen molar-refractivity contribution in [2.45, 2.75) is 42.2 Å². The van der Waals surface area contributed by atoms with E-state index in [0.29, 0.717) is 28.9 Å². The van der Waals surface area contributed by atoms with E-state index in [9.17, 15) is 8.42 Å². The predicted molar refractivity (Wildman–Crippen MR) is 106 cm³/mol. The van der Waals surface area contributed by atoms with Crippen molar-refractivity contribution in [3.8, 4) is 10.6 Å². The van der Waals surface area contributed by atoms with Gasteiger partial charge in [0.25, 0.3) is 0 Å². The van der Waals surface area contributed by atoms with E-state index >= 15 is 0 Å². The lowest BCUT2D eigenvalue weighted by molar-refractivity contribution is 0.458. The molecule has 1 aromatic carbocycles. The number of thiophene rings is 1. The summed E-state index contributed by atoms with van der Waals surface area (Å²) in [7, 11) is -3.52. The summed E-state index contributed by atoms with van der Waals surface area (Å²) in [4.78, 5) is 5.19. The van der Waals surface area contributed by atoms with Crippen molar-refractivity contribution in [1.29, 1.82) is 0 Å². The Balaban J connectivity index is 1.42. The molecule has 2 aromatic heterocycles. The third kappa shape index (κ3) is 4.31. The van der Waals surface area contributed by atoms with Gasteiger partial charge in [0.1, 0.15) is 4.21 Å². The van der Waals surface area contributed by atoms with Gasteiger partial charge in [-0.1, -0.05) is 43.2 Å². The summed E-state index contributed by atoms with van der Waals surface area (Å²) in [6.07, 6.45) is 7.05. The first-order valence-electron chi connectivity index (χ1n) is 9.21. The number of hydrogen-bond donors (Lipinski definition) is 1. The van der Waals surface area contributed by atoms with Crippen LogP contribution in [0.2, 0.25) is 0 Å². The Hall–Kier alpha value is -1.96. The van der Waals surface area contributed by atoms with E-state index in [1.165, 1.54) is 24.2 Å². The zero-order valence-corrected chi connectivity index (χ0v) is 16.6. The molecule has 1 saturated carbocycles. The second-order valence-corrected chi connectivity index (χ2v) is 9.87. The van der Waals surface area contributed by atoms with Gasteiger partial charge in [-0.3, -0.25) is 0 Å². The Morgan fingerprint density at radius 2 is 1.89 bits per heavy atom. The van der Waals surface area contributed by atoms with Gasteiger partial charge in [0.05, 0.1) is 11.1 Å². The summed E-state index contributed by atoms with van der Waals surface area (Å²) in [5.74, 6) is 1.83. The third-order valence-corrected chi connectivity index (χ3v) is 7.92. The number of benzene rings is 1. The van der Waals surface area contributed by atoms with Gasteiger partial charge in [-0.15, -0.1) is 11.3 Å². The molecule has 0 radical (unpaired) electrons. The highest BCUT2D eigenvalue weighted by molar-refractivity contribution is 7.91. The highest BCUT2D eigenvalue weighted by atomic mass is 32.2. The number of oxazole rings is 1. The lowest BCUT2D eigenvalue weighted by Crippen LogP contribution is -2.25. The van der Waals surface area contributed by atoms with E-state index in [4.69, 9.17) is 4.42 Å². The zero-order chi connectivity index (χ0) is 18.7. The van der Waals surface area contributed by atoms with Gasteiger partial charge in [0, 0.05) is 12.5 Å². The summed E-state index contributed by atoms with van der Waals surface area (Å²) in [6.45, 7) is 0.369. The van der Waals surface area contributed by atoms with Crippen LogP contribution in [0, 0.1) is 0 Å². The maximum Gasteiger partial charge on any atom is 0.250 e. The molecular formula is C20H22N2O3S2. The van der Waals surface area contributed by atoms with Gasteiger partial charge in [-0.05, 0) is 37.0 Å². The topological polar surface area (TPSA) is 72.2 Å². The molecule has 0 amide bonds. The summed E-state index contributed by atoms with van der Waals surface area (Å²) in [6, 6.07) is 13.2. The molecule has 0 saturated heterocycles. The number of hydrogen-bond acceptors (Lipinski definition) is 5. The quantitative estimate of drug-likeness (QED) is 0.628. The highest BCUT2D eigenvalue weighted by Gasteiger charge is 2.23. The number of sulfonamides is 1. The van der Waals surface area contributed by atoms with Crippen LogP contribution >= 0.6 is 11.3 Å². The molecular weight excluding hydrogens is 380 g/mol. The molecule has 2 heterocycles. The number of rotatable bonds is 7. The predicted octanol–water partition coefficient (Wildman–Crippen LogP) is 4.58. The summed E-state index contributed by atoms with van der Waals surface area (Å²) < 4.78 is 33.9. The molecule has 5 nitrogen and oxygen atoms in total. The Morgan fingerprint density at radius 3 is 2.67 bits per heavy atom. The fourth-order valence-electron chi connectivity index (χ4n) is 3.41. The second-order valence-electron chi connectivity index (χ2n) is 6.80. The fraction of sp³-hybridized carbons (Fsp3) is 0.350. The minimum absolute atomic E-state index is 0.296. The maximum atomic E-state index is 12.5. The number of aromatic nitrogens is 1. The molecule has 0 atom stereocenters. The Morgan fingerprint density at radius 1 is 1.11 bits per heavy atom. The van der Waals surface area contributed by atoms with Crippen molar-refractivity contribution in [2.75, 3.05) is 6.54 Å². The van der Waals surface area contributed by atoms with Crippen molar-refractivity contribution < 1.29 is 12.8 Å². The monoisotopic (exact) mass is 402 g/mol. The van der Waals surface area contributed by atoms with Crippen LogP contribution in [0.25, 0.3) is 10.6 Å². The average Bonchev–Trinajstić information content (AvgIpc) is 3.42. The SMILES string of the molecule is O=S(=O)(NCCc1ccccc1)c1ccc(-c2cnc(C3CCCC3)o2)s1. The molecule has 0 bridgehead atoms. The van der Waals surface area contributed by atoms with E-state index in [0.717, 1.165) is 29.2 Å². The van der Waals surface area contributed by atoms with Gasteiger partial charge < -0.3 is 4.42 Å². The fourth-order valence-corrected chi connectivity index (χ4v) is 5.73. The van der Waals surface area contributed by atoms with Gasteiger partial charge in [0.15, 0.2) is 11.7 Å². The van der Waals surface area contributed by atoms with Crippen LogP contribution in [-0.2, 0) is 16.4 Å². The van der Waals surface area contributed by atoms with Gasteiger partial charge in [0.2, 0.25) is 10.0 Å². The van der Waals surface area contributed by atoms with Crippen molar-refractivity contribution >= 4 is 21.4 Å². The van der Waals surface area contributed by atoms with E-state index < -0.39 is 10.0 Å². The summed E-state index contributed by atoms with van der Waals surface area (Å²) in [5, 5.41) is 0. The molecule has 142 valence electrons. The van der Waals surface area contributed by atoms with Crippen molar-refractivity contribution in [3.05, 3.63) is 60.1 Å². The van der Waals surface area contributed by atoms with Crippen molar-refractivity contribution in [3.63, 3.8) is 0 Å². The second kappa shape index (κ2) is 7.96. The summed E-state index contributed by atoms with van der Waals surface area (Å²) >= 11 is 1.21. The van der Waals surface area contributed by atoms with E-state index in [-0.39, 0.29) is 0 Å². The molecule has 0 unspecified atom stereocenters. The first-order chi connectivity index (χ1) is 13.1. The van der Waals surface area contributed by atoms with E-state index in [2.05, 4.69) is 9.71 Å². The van der Waals surface area contributed by atoms with Gasteiger partial charge in [-0.25, -0.2) is 18.1 Å². The van der Waals surface area contributed by atoms with Crippen LogP contribution in [-0.4, -0.2) is 19.9 Å². The van der Waals surface area contributed by atoms with Crippen LogP contribution in [0.1, 0.15) is 43.1 Å². The van der Waals surface area contributed by atoms with Crippen LogP contribution in [0.5, 0.6) is 0 Å². The van der Waals surface area contributed by atoms with E-state index in [1.807, 2.05) is 30.3 Å². The minimum atomic E-state index is -3.52. The molecule has 27 heavy (non-hydrogen) atoms. The molecule has 7 heteroatoms. The smallest absolute Gasteiger partial charge is 0.250 e. The molecule has 1 N–H and O–H groups in total. The van der Waals surface area contributed by atoms with Crippen LogP contribution in [0.3, 0.4) is 0 Å². The Bertz CT molecular complexity index is 987. The molecule has 0 spiro atoms. The standard InChI is InChI=1S/C20H22N2O3S2/c23-27(24,22-13-12-15-6-2-1-3-7-15)19-11-10-18(26-19)17-14-21-20(25-17)16-8-4-5-9-16/h1-3,6-7,10-11,14,16,22H,4-5,8-9,12-13H2. The Labute approximate surface area is 163 Å². The van der Waals surface area contributed by atoms with E-state index in [1.54, 1.807) is 18.3 Å². The summed E-state index contributed by atoms with van der Waals surface area (Å²) in [5.41, 5.74) is 1.10. The lowest BCUT2D eigenvalue weighted by atomic mass is 10.1. The zero-order valence-electron chi connectivity index (χ0n) is 14.9. The van der Waals surface area contributed by atoms with Crippen LogP contribution in [0.4, 0.5) is 0 Å². The van der Waals surface area contributed by atoms with Crippen LogP contribution in [0.15, 0.2) is 57.3 Å². The highest BCUT2D eigenvalue weighted by Crippen LogP contribution is 2.37.